The molecule has 0 N–H and O–H groups in total. The molecule has 0 radical (unpaired) electrons. The number of hydrogen-bond acceptors (Lipinski definition) is 2. The van der Waals surface area contributed by atoms with E-state index in [0.29, 0.717) is 5.17 Å². The molecule has 0 bridgehead atoms. The Hall–Kier alpha value is -0.630. The predicted octanol–water partition coefficient (Wildman–Crippen LogP) is 1.82. The second-order valence-electron chi connectivity index (χ2n) is 1.11. The predicted molar refractivity (Wildman–Crippen MR) is 37.7 cm³/mol. The van der Waals surface area contributed by atoms with Crippen molar-refractivity contribution in [3.8, 4) is 0 Å². The fourth-order valence-electron chi connectivity index (χ4n) is 0.183. The van der Waals surface area contributed by atoms with E-state index in [2.05, 4.69) is 16.7 Å². The van der Waals surface area contributed by atoms with E-state index >= 15 is 0 Å². The highest BCUT2D eigenvalue weighted by atomic mass is 35.5. The molecule has 0 aromatic rings. The second kappa shape index (κ2) is 4.53. The summed E-state index contributed by atoms with van der Waals surface area (Å²) in [5, 5.41) is 0.491. The largest absolute Gasteiger partial charge is 0.271 e. The van der Waals surface area contributed by atoms with Crippen LogP contribution >= 0.6 is 11.6 Å². The van der Waals surface area contributed by atoms with Gasteiger partial charge in [-0.2, -0.15) is 0 Å². The fourth-order valence-corrected chi connectivity index (χ4v) is 0.240. The molecular weight excluding hydrogens is 124 g/mol. The van der Waals surface area contributed by atoms with Crippen molar-refractivity contribution >= 4 is 23.5 Å². The van der Waals surface area contributed by atoms with Crippen LogP contribution in [-0.2, 0) is 0 Å². The van der Waals surface area contributed by atoms with Gasteiger partial charge in [-0.3, -0.25) is 4.99 Å². The van der Waals surface area contributed by atoms with Gasteiger partial charge in [-0.05, 0) is 13.6 Å². The zero-order valence-electron chi connectivity index (χ0n) is 4.63. The highest BCUT2D eigenvalue weighted by molar-refractivity contribution is 6.64. The first-order valence-electron chi connectivity index (χ1n) is 2.08. The summed E-state index contributed by atoms with van der Waals surface area (Å²) in [5.74, 6) is 0. The third kappa shape index (κ3) is 5.37. The summed E-state index contributed by atoms with van der Waals surface area (Å²) >= 11 is 5.35. The molecule has 0 heterocycles. The first-order chi connectivity index (χ1) is 3.77. The van der Waals surface area contributed by atoms with Gasteiger partial charge in [-0.25, -0.2) is 4.99 Å². The Bertz CT molecular complexity index is 122. The van der Waals surface area contributed by atoms with E-state index in [4.69, 9.17) is 11.6 Å². The smallest absolute Gasteiger partial charge is 0.103 e. The summed E-state index contributed by atoms with van der Waals surface area (Å²) in [5.41, 5.74) is 0. The van der Waals surface area contributed by atoms with Crippen LogP contribution in [0.3, 0.4) is 0 Å². The van der Waals surface area contributed by atoms with Crippen LogP contribution < -0.4 is 0 Å². The molecule has 0 fully saturated rings. The summed E-state index contributed by atoms with van der Waals surface area (Å²) in [6, 6.07) is 0. The Balaban J connectivity index is 3.57. The Morgan fingerprint density at radius 2 is 2.25 bits per heavy atom. The standard InChI is InChI=1S/C5H7ClN2/c1-5(6)8-4-3-7-2/h3-4H,2H2,1H3/b4-3-,8-5?. The number of aliphatic imine (C=N–C) groups is 2. The van der Waals surface area contributed by atoms with E-state index in [0.717, 1.165) is 0 Å². The van der Waals surface area contributed by atoms with E-state index < -0.39 is 0 Å². The van der Waals surface area contributed by atoms with E-state index in [-0.39, 0.29) is 0 Å². The summed E-state index contributed by atoms with van der Waals surface area (Å²) in [4.78, 5) is 7.09. The van der Waals surface area contributed by atoms with Crippen molar-refractivity contribution in [3.63, 3.8) is 0 Å². The molecule has 0 rings (SSSR count). The van der Waals surface area contributed by atoms with Crippen LogP contribution in [0.1, 0.15) is 6.92 Å². The number of nitrogens with zero attached hydrogens (tertiary/aromatic N) is 2. The van der Waals surface area contributed by atoms with Gasteiger partial charge >= 0.3 is 0 Å². The molecule has 0 aromatic carbocycles. The first-order valence-corrected chi connectivity index (χ1v) is 2.46. The molecule has 0 aliphatic rings. The molecule has 0 atom stereocenters. The van der Waals surface area contributed by atoms with Gasteiger partial charge in [0.15, 0.2) is 0 Å². The molecule has 8 heavy (non-hydrogen) atoms. The van der Waals surface area contributed by atoms with Crippen molar-refractivity contribution in [2.45, 2.75) is 6.92 Å². The average molecular weight is 131 g/mol. The minimum absolute atomic E-state index is 0.491. The lowest BCUT2D eigenvalue weighted by Crippen LogP contribution is -1.68. The van der Waals surface area contributed by atoms with Crippen LogP contribution in [0.2, 0.25) is 0 Å². The molecule has 2 nitrogen and oxygen atoms in total. The van der Waals surface area contributed by atoms with Crippen LogP contribution in [0.5, 0.6) is 0 Å². The van der Waals surface area contributed by atoms with Crippen molar-refractivity contribution < 1.29 is 0 Å². The highest BCUT2D eigenvalue weighted by Crippen LogP contribution is 1.83. The van der Waals surface area contributed by atoms with Gasteiger partial charge in [0.25, 0.3) is 0 Å². The summed E-state index contributed by atoms with van der Waals surface area (Å²) < 4.78 is 0. The molecule has 0 saturated heterocycles. The number of hydrogen-bond donors (Lipinski definition) is 0. The van der Waals surface area contributed by atoms with Crippen LogP contribution in [0.4, 0.5) is 0 Å². The lowest BCUT2D eigenvalue weighted by atomic mass is 10.8. The number of halogens is 1. The third-order valence-electron chi connectivity index (χ3n) is 0.425. The van der Waals surface area contributed by atoms with Crippen LogP contribution in [0, 0.1) is 0 Å². The molecule has 0 saturated carbocycles. The van der Waals surface area contributed by atoms with Gasteiger partial charge in [0, 0.05) is 12.4 Å². The minimum atomic E-state index is 0.491. The Morgan fingerprint density at radius 1 is 1.62 bits per heavy atom. The van der Waals surface area contributed by atoms with Gasteiger partial charge in [0.05, 0.1) is 0 Å². The van der Waals surface area contributed by atoms with Crippen LogP contribution in [0.15, 0.2) is 22.4 Å². The fraction of sp³-hybridized carbons (Fsp3) is 0.200. The normalized spacial score (nSPS) is 12.5. The molecule has 44 valence electrons. The van der Waals surface area contributed by atoms with E-state index in [9.17, 15) is 0 Å². The van der Waals surface area contributed by atoms with E-state index in [1.165, 1.54) is 12.4 Å². The minimum Gasteiger partial charge on any atom is -0.271 e. The van der Waals surface area contributed by atoms with Crippen molar-refractivity contribution in [2.24, 2.45) is 9.98 Å². The summed E-state index contributed by atoms with van der Waals surface area (Å²) in [6.45, 7) is 4.90. The molecule has 0 aliphatic heterocycles. The molecule has 0 aliphatic carbocycles. The van der Waals surface area contributed by atoms with Gasteiger partial charge in [-0.15, -0.1) is 0 Å². The summed E-state index contributed by atoms with van der Waals surface area (Å²) in [6.07, 6.45) is 2.95. The van der Waals surface area contributed by atoms with Crippen LogP contribution in [0.25, 0.3) is 0 Å². The first kappa shape index (κ1) is 7.37. The zero-order chi connectivity index (χ0) is 6.41. The molecule has 0 spiro atoms. The molecular formula is C5H7ClN2. The lowest BCUT2D eigenvalue weighted by molar-refractivity contribution is 1.49. The van der Waals surface area contributed by atoms with Crippen molar-refractivity contribution in [1.29, 1.82) is 0 Å². The maximum atomic E-state index is 5.35. The number of rotatable bonds is 2. The third-order valence-corrected chi connectivity index (χ3v) is 0.522. The van der Waals surface area contributed by atoms with E-state index in [1.54, 1.807) is 6.92 Å². The highest BCUT2D eigenvalue weighted by Gasteiger charge is 1.71. The van der Waals surface area contributed by atoms with Gasteiger partial charge in [-0.1, -0.05) is 11.6 Å². The van der Waals surface area contributed by atoms with Gasteiger partial charge < -0.3 is 0 Å². The van der Waals surface area contributed by atoms with Crippen molar-refractivity contribution in [1.82, 2.24) is 0 Å². The monoisotopic (exact) mass is 130 g/mol. The quantitative estimate of drug-likeness (QED) is 0.510. The maximum Gasteiger partial charge on any atom is 0.103 e. The Kier molecular flexibility index (Phi) is 4.17. The molecule has 0 unspecified atom stereocenters. The van der Waals surface area contributed by atoms with E-state index in [1.807, 2.05) is 0 Å². The maximum absolute atomic E-state index is 5.35. The molecule has 3 heteroatoms. The Morgan fingerprint density at radius 3 is 2.62 bits per heavy atom. The zero-order valence-corrected chi connectivity index (χ0v) is 5.39. The average Bonchev–Trinajstić information content (AvgIpc) is 1.66. The molecule has 0 amide bonds. The van der Waals surface area contributed by atoms with Gasteiger partial charge in [0.1, 0.15) is 5.17 Å². The van der Waals surface area contributed by atoms with Crippen LogP contribution in [-0.4, -0.2) is 11.9 Å². The van der Waals surface area contributed by atoms with Gasteiger partial charge in [0.2, 0.25) is 0 Å². The molecule has 0 aromatic heterocycles. The second-order valence-corrected chi connectivity index (χ2v) is 1.65. The SMILES string of the molecule is C=N/C=C\N=C(C)Cl. The lowest BCUT2D eigenvalue weighted by Gasteiger charge is -1.75. The topological polar surface area (TPSA) is 24.7 Å². The van der Waals surface area contributed by atoms with Crippen molar-refractivity contribution in [3.05, 3.63) is 12.4 Å². The summed E-state index contributed by atoms with van der Waals surface area (Å²) in [7, 11) is 0. The Labute approximate surface area is 53.6 Å². The van der Waals surface area contributed by atoms with Crippen molar-refractivity contribution in [2.75, 3.05) is 0 Å².